The molecule has 0 radical (unpaired) electrons. The van der Waals surface area contributed by atoms with Crippen molar-refractivity contribution in [3.63, 3.8) is 0 Å². The molecule has 4 aliphatic carbocycles. The summed E-state index contributed by atoms with van der Waals surface area (Å²) >= 11 is 0. The van der Waals surface area contributed by atoms with Gasteiger partial charge in [0.15, 0.2) is 0 Å². The van der Waals surface area contributed by atoms with Gasteiger partial charge in [-0.25, -0.2) is 4.79 Å². The third kappa shape index (κ3) is 8.17. The van der Waals surface area contributed by atoms with Crippen LogP contribution in [0.4, 0.5) is 4.79 Å². The maximum atomic E-state index is 12.7. The molecule has 2 heterocycles. The summed E-state index contributed by atoms with van der Waals surface area (Å²) in [5.41, 5.74) is 2.39. The van der Waals surface area contributed by atoms with E-state index >= 15 is 0 Å². The Morgan fingerprint density at radius 1 is 0.917 bits per heavy atom. The van der Waals surface area contributed by atoms with Gasteiger partial charge in [-0.2, -0.15) is 0 Å². The fourth-order valence-electron chi connectivity index (χ4n) is 12.4. The van der Waals surface area contributed by atoms with Gasteiger partial charge in [0.05, 0.1) is 6.17 Å². The molecule has 0 amide bonds. The number of hydrogen-bond acceptors (Lipinski definition) is 6. The first-order chi connectivity index (χ1) is 23.2. The van der Waals surface area contributed by atoms with Crippen LogP contribution in [0.15, 0.2) is 11.6 Å². The van der Waals surface area contributed by atoms with Gasteiger partial charge in [-0.3, -0.25) is 9.80 Å². The predicted octanol–water partition coefficient (Wildman–Crippen LogP) is 9.44. The normalized spacial score (nSPS) is 37.8. The van der Waals surface area contributed by atoms with E-state index in [4.69, 9.17) is 9.47 Å². The van der Waals surface area contributed by atoms with Crippen LogP contribution in [0.25, 0.3) is 0 Å². The molecule has 6 nitrogen and oxygen atoms in total. The monoisotopic (exact) mass is 668 g/mol. The number of ether oxygens (including phenoxy) is 2. The lowest BCUT2D eigenvalue weighted by Gasteiger charge is -2.58. The van der Waals surface area contributed by atoms with E-state index in [1.54, 1.807) is 5.57 Å². The van der Waals surface area contributed by atoms with Gasteiger partial charge in [0.1, 0.15) is 12.7 Å². The largest absolute Gasteiger partial charge is 0.508 e. The number of hydrogen-bond donors (Lipinski definition) is 1. The van der Waals surface area contributed by atoms with Crippen molar-refractivity contribution in [2.24, 2.45) is 46.3 Å². The van der Waals surface area contributed by atoms with Crippen LogP contribution in [0.1, 0.15) is 144 Å². The first kappa shape index (κ1) is 36.7. The van der Waals surface area contributed by atoms with E-state index in [2.05, 4.69) is 55.8 Å². The average molecular weight is 668 g/mol. The molecule has 0 aromatic heterocycles. The smallest absolute Gasteiger partial charge is 0.433 e. The number of allylic oxidation sites excluding steroid dienone is 1. The Morgan fingerprint density at radius 3 is 2.62 bits per heavy atom. The Morgan fingerprint density at radius 2 is 1.77 bits per heavy atom. The van der Waals surface area contributed by atoms with Crippen LogP contribution in [0.5, 0.6) is 0 Å². The molecule has 2 aliphatic heterocycles. The Bertz CT molecular complexity index is 1080. The van der Waals surface area contributed by atoms with Crippen molar-refractivity contribution in [2.45, 2.75) is 156 Å². The summed E-state index contributed by atoms with van der Waals surface area (Å²) in [7, 11) is 0. The van der Waals surface area contributed by atoms with Crippen molar-refractivity contribution in [2.75, 3.05) is 45.9 Å². The summed E-state index contributed by atoms with van der Waals surface area (Å²) in [6.07, 6.45) is 24.8. The number of carbonyl (C=O) groups excluding carboxylic acids is 1. The summed E-state index contributed by atoms with van der Waals surface area (Å²) in [6.45, 7) is 19.6. The second-order valence-corrected chi connectivity index (χ2v) is 18.2. The highest BCUT2D eigenvalue weighted by atomic mass is 16.7. The number of fused-ring (bicyclic) bond motifs is 6. The van der Waals surface area contributed by atoms with Crippen LogP contribution >= 0.6 is 0 Å². The molecule has 2 saturated heterocycles. The number of nitrogens with one attached hydrogen (secondary N) is 1. The van der Waals surface area contributed by atoms with Crippen LogP contribution in [-0.4, -0.2) is 74.1 Å². The van der Waals surface area contributed by atoms with E-state index < -0.39 is 6.16 Å². The summed E-state index contributed by atoms with van der Waals surface area (Å²) in [6, 6.07) is 0. The molecular formula is C42H73N3O3. The Balaban J connectivity index is 0.901. The van der Waals surface area contributed by atoms with E-state index in [-0.39, 0.29) is 11.5 Å². The molecule has 0 aromatic carbocycles. The van der Waals surface area contributed by atoms with Crippen LogP contribution in [0.2, 0.25) is 0 Å². The number of nitrogens with zero attached hydrogens (tertiary/aromatic N) is 2. The fourth-order valence-corrected chi connectivity index (χ4v) is 12.4. The molecule has 3 saturated carbocycles. The van der Waals surface area contributed by atoms with Crippen molar-refractivity contribution in [1.82, 2.24) is 15.1 Å². The Kier molecular flexibility index (Phi) is 12.6. The quantitative estimate of drug-likeness (QED) is 0.120. The Hall–Kier alpha value is -1.11. The molecule has 1 unspecified atom stereocenters. The van der Waals surface area contributed by atoms with Gasteiger partial charge in [0.25, 0.3) is 0 Å². The highest BCUT2D eigenvalue weighted by Crippen LogP contribution is 2.67. The fraction of sp³-hybridized carbons (Fsp3) is 0.929. The van der Waals surface area contributed by atoms with E-state index in [9.17, 15) is 4.79 Å². The summed E-state index contributed by atoms with van der Waals surface area (Å²) in [5.74, 6) is 5.12. The minimum Gasteiger partial charge on any atom is -0.433 e. The molecule has 0 spiro atoms. The second kappa shape index (κ2) is 16.5. The minimum atomic E-state index is -0.477. The van der Waals surface area contributed by atoms with Gasteiger partial charge in [0.2, 0.25) is 0 Å². The van der Waals surface area contributed by atoms with Gasteiger partial charge >= 0.3 is 6.16 Å². The average Bonchev–Trinajstić information content (AvgIpc) is 3.23. The summed E-state index contributed by atoms with van der Waals surface area (Å²) < 4.78 is 11.5. The molecule has 48 heavy (non-hydrogen) atoms. The van der Waals surface area contributed by atoms with E-state index in [0.717, 1.165) is 74.3 Å². The molecule has 5 fully saturated rings. The lowest BCUT2D eigenvalue weighted by atomic mass is 9.47. The van der Waals surface area contributed by atoms with Gasteiger partial charge in [-0.1, -0.05) is 78.4 Å². The summed E-state index contributed by atoms with van der Waals surface area (Å²) in [5, 5.41) is 3.49. The van der Waals surface area contributed by atoms with Crippen molar-refractivity contribution in [1.29, 1.82) is 0 Å². The lowest BCUT2D eigenvalue weighted by molar-refractivity contribution is -0.0616. The standard InChI is InChI=1S/C42H73N3O3/c1-31(2)12-9-13-32(3)36-17-18-37-35-16-15-33-30-34(19-21-41(33,4)38(35)20-22-42(36,37)5)48-40(46)47-29-24-43-23-10-26-45-28-11-27-44-25-8-6-7-14-39(44)45/h15,31-32,34-39,43H,6-14,16-30H2,1-5H3/t32-,34+,35+,36-,37+,38+,39?,41+,42-/m1/s1. The molecule has 9 atom stereocenters. The molecule has 0 bridgehead atoms. The third-order valence-corrected chi connectivity index (χ3v) is 15.0. The van der Waals surface area contributed by atoms with Crippen LogP contribution in [-0.2, 0) is 9.47 Å². The zero-order valence-electron chi connectivity index (χ0n) is 31.8. The van der Waals surface area contributed by atoms with Crippen molar-refractivity contribution < 1.29 is 14.3 Å². The summed E-state index contributed by atoms with van der Waals surface area (Å²) in [4.78, 5) is 18.1. The highest BCUT2D eigenvalue weighted by molar-refractivity contribution is 5.60. The second-order valence-electron chi connectivity index (χ2n) is 18.2. The molecule has 6 rings (SSSR count). The van der Waals surface area contributed by atoms with Crippen molar-refractivity contribution >= 4 is 6.16 Å². The van der Waals surface area contributed by atoms with Gasteiger partial charge < -0.3 is 14.8 Å². The van der Waals surface area contributed by atoms with E-state index in [0.29, 0.717) is 24.7 Å². The number of carbonyl (C=O) groups is 1. The first-order valence-electron chi connectivity index (χ1n) is 20.9. The van der Waals surface area contributed by atoms with E-state index in [1.807, 2.05) is 0 Å². The number of rotatable bonds is 13. The van der Waals surface area contributed by atoms with E-state index in [1.165, 1.54) is 103 Å². The zero-order valence-corrected chi connectivity index (χ0v) is 31.8. The SMILES string of the molecule is CC(C)CCC[C@@H](C)[C@H]1CC[C@H]2[C@@H]3CC=C4C[C@@H](OC(=O)OCCNCCCN5CCCN6CCCCCC65)CC[C@]4(C)[C@H]3CC[C@]12C. The molecule has 6 aliphatic rings. The lowest BCUT2D eigenvalue weighted by Crippen LogP contribution is -2.53. The molecule has 6 heteroatoms. The highest BCUT2D eigenvalue weighted by Gasteiger charge is 2.59. The first-order valence-corrected chi connectivity index (χ1v) is 20.9. The molecule has 1 N–H and O–H groups in total. The van der Waals surface area contributed by atoms with Gasteiger partial charge in [-0.05, 0) is 130 Å². The maximum absolute atomic E-state index is 12.7. The Labute approximate surface area is 294 Å². The molecule has 0 aromatic rings. The third-order valence-electron chi connectivity index (χ3n) is 15.0. The van der Waals surface area contributed by atoms with Crippen LogP contribution < -0.4 is 5.32 Å². The molecule has 274 valence electrons. The van der Waals surface area contributed by atoms with Crippen molar-refractivity contribution in [3.8, 4) is 0 Å². The maximum Gasteiger partial charge on any atom is 0.508 e. The van der Waals surface area contributed by atoms with Gasteiger partial charge in [0, 0.05) is 32.6 Å². The minimum absolute atomic E-state index is 0.0363. The van der Waals surface area contributed by atoms with Gasteiger partial charge in [-0.15, -0.1) is 0 Å². The van der Waals surface area contributed by atoms with Crippen LogP contribution in [0, 0.1) is 46.3 Å². The predicted molar refractivity (Wildman–Crippen MR) is 197 cm³/mol. The zero-order chi connectivity index (χ0) is 33.7. The van der Waals surface area contributed by atoms with Crippen LogP contribution in [0.3, 0.4) is 0 Å². The van der Waals surface area contributed by atoms with Crippen molar-refractivity contribution in [3.05, 3.63) is 11.6 Å². The molecular weight excluding hydrogens is 594 g/mol. The topological polar surface area (TPSA) is 54.0 Å².